The van der Waals surface area contributed by atoms with Crippen molar-refractivity contribution in [3.05, 3.63) is 0 Å². The van der Waals surface area contributed by atoms with Gasteiger partial charge in [0.2, 0.25) is 0 Å². The third-order valence-electron chi connectivity index (χ3n) is 3.42. The molecule has 0 saturated heterocycles. The highest BCUT2D eigenvalue weighted by atomic mass is 16.4. The normalized spacial score (nSPS) is 23.4. The van der Waals surface area contributed by atoms with E-state index >= 15 is 0 Å². The molecule has 0 aromatic carbocycles. The Morgan fingerprint density at radius 3 is 2.65 bits per heavy atom. The van der Waals surface area contributed by atoms with E-state index in [-0.39, 0.29) is 12.5 Å². The summed E-state index contributed by atoms with van der Waals surface area (Å²) in [5, 5.41) is 13.9. The lowest BCUT2D eigenvalue weighted by molar-refractivity contribution is -0.137. The summed E-state index contributed by atoms with van der Waals surface area (Å²) in [6, 6.07) is -0.186. The number of hydrogen-bond acceptors (Lipinski definition) is 2. The van der Waals surface area contributed by atoms with Gasteiger partial charge in [-0.15, -0.1) is 0 Å². The summed E-state index contributed by atoms with van der Waals surface area (Å²) in [6.07, 6.45) is 4.28. The summed E-state index contributed by atoms with van der Waals surface area (Å²) in [5.74, 6) is 0.467. The number of aliphatic carboxylic acids is 1. The van der Waals surface area contributed by atoms with E-state index in [0.29, 0.717) is 24.8 Å². The minimum Gasteiger partial charge on any atom is -0.481 e. The maximum absolute atomic E-state index is 11.4. The van der Waals surface area contributed by atoms with Crippen molar-refractivity contribution in [1.29, 1.82) is 0 Å². The van der Waals surface area contributed by atoms with Gasteiger partial charge >= 0.3 is 12.0 Å². The number of urea groups is 1. The Hall–Kier alpha value is -1.26. The van der Waals surface area contributed by atoms with Crippen LogP contribution >= 0.6 is 0 Å². The Morgan fingerprint density at radius 1 is 1.29 bits per heavy atom. The maximum Gasteiger partial charge on any atom is 0.314 e. The van der Waals surface area contributed by atoms with E-state index in [2.05, 4.69) is 17.6 Å². The molecule has 0 heterocycles. The Balaban J connectivity index is 2.03. The van der Waals surface area contributed by atoms with E-state index in [4.69, 9.17) is 5.11 Å². The van der Waals surface area contributed by atoms with Crippen LogP contribution in [0, 0.1) is 11.8 Å². The summed E-state index contributed by atoms with van der Waals surface area (Å²) >= 11 is 0. The minimum absolute atomic E-state index is 0.0972. The molecular weight excluding hydrogens is 220 g/mol. The summed E-state index contributed by atoms with van der Waals surface area (Å²) in [4.78, 5) is 21.6. The van der Waals surface area contributed by atoms with Gasteiger partial charge in [-0.2, -0.15) is 0 Å². The lowest BCUT2D eigenvalue weighted by Crippen LogP contribution is -2.39. The topological polar surface area (TPSA) is 78.4 Å². The Kier molecular flexibility index (Phi) is 5.80. The van der Waals surface area contributed by atoms with Crippen LogP contribution in [0.15, 0.2) is 0 Å². The van der Waals surface area contributed by atoms with Crippen LogP contribution in [-0.4, -0.2) is 30.2 Å². The van der Waals surface area contributed by atoms with Gasteiger partial charge in [0.1, 0.15) is 0 Å². The highest BCUT2D eigenvalue weighted by Crippen LogP contribution is 2.30. The van der Waals surface area contributed by atoms with Crippen molar-refractivity contribution in [3.63, 3.8) is 0 Å². The second-order valence-electron chi connectivity index (χ2n) is 4.80. The van der Waals surface area contributed by atoms with Gasteiger partial charge in [-0.1, -0.05) is 19.8 Å². The molecular formula is C12H22N2O3. The molecule has 0 aliphatic heterocycles. The number of amides is 2. The van der Waals surface area contributed by atoms with E-state index in [9.17, 15) is 9.59 Å². The van der Waals surface area contributed by atoms with Gasteiger partial charge in [-0.25, -0.2) is 4.79 Å². The van der Waals surface area contributed by atoms with Gasteiger partial charge in [0.15, 0.2) is 0 Å². The molecule has 5 nitrogen and oxygen atoms in total. The number of carboxylic acid groups (broad SMARTS) is 1. The molecule has 17 heavy (non-hydrogen) atoms. The molecule has 5 heteroatoms. The Bertz CT molecular complexity index is 268. The summed E-state index contributed by atoms with van der Waals surface area (Å²) in [5.41, 5.74) is 0. The van der Waals surface area contributed by atoms with Crippen LogP contribution in [0.2, 0.25) is 0 Å². The summed E-state index contributed by atoms with van der Waals surface area (Å²) in [6.45, 7) is 3.37. The molecule has 2 amide bonds. The van der Waals surface area contributed by atoms with Crippen LogP contribution in [0.5, 0.6) is 0 Å². The first kappa shape index (κ1) is 13.8. The maximum atomic E-state index is 11.4. The first-order chi connectivity index (χ1) is 8.09. The molecule has 0 radical (unpaired) electrons. The minimum atomic E-state index is -0.827. The van der Waals surface area contributed by atoms with E-state index in [1.54, 1.807) is 0 Å². The zero-order valence-corrected chi connectivity index (χ0v) is 10.4. The van der Waals surface area contributed by atoms with Gasteiger partial charge in [-0.05, 0) is 24.7 Å². The van der Waals surface area contributed by atoms with Gasteiger partial charge in [0.05, 0.1) is 0 Å². The molecule has 0 spiro atoms. The number of nitrogens with one attached hydrogen (secondary N) is 2. The molecule has 1 aliphatic carbocycles. The van der Waals surface area contributed by atoms with Crippen molar-refractivity contribution in [1.82, 2.24) is 10.6 Å². The highest BCUT2D eigenvalue weighted by molar-refractivity contribution is 5.73. The molecule has 2 unspecified atom stereocenters. The summed E-state index contributed by atoms with van der Waals surface area (Å²) < 4.78 is 0. The smallest absolute Gasteiger partial charge is 0.314 e. The van der Waals surface area contributed by atoms with Crippen molar-refractivity contribution in [2.24, 2.45) is 11.8 Å². The van der Waals surface area contributed by atoms with Crippen LogP contribution < -0.4 is 10.6 Å². The second kappa shape index (κ2) is 7.14. The SMILES string of the molecule is CC1CCCC1CNC(=O)NCCCC(=O)O. The predicted octanol–water partition coefficient (Wildman–Crippen LogP) is 1.59. The fraction of sp³-hybridized carbons (Fsp3) is 0.833. The first-order valence-corrected chi connectivity index (χ1v) is 6.33. The Morgan fingerprint density at radius 2 is 2.06 bits per heavy atom. The van der Waals surface area contributed by atoms with Gasteiger partial charge in [0, 0.05) is 19.5 Å². The zero-order valence-electron chi connectivity index (χ0n) is 10.4. The molecule has 0 aromatic rings. The van der Waals surface area contributed by atoms with E-state index in [1.807, 2.05) is 0 Å². The van der Waals surface area contributed by atoms with Gasteiger partial charge in [0.25, 0.3) is 0 Å². The largest absolute Gasteiger partial charge is 0.481 e. The quantitative estimate of drug-likeness (QED) is 0.619. The monoisotopic (exact) mass is 242 g/mol. The molecule has 0 bridgehead atoms. The van der Waals surface area contributed by atoms with Crippen molar-refractivity contribution in [2.45, 2.75) is 39.0 Å². The van der Waals surface area contributed by atoms with E-state index < -0.39 is 5.97 Å². The van der Waals surface area contributed by atoms with Crippen LogP contribution in [0.1, 0.15) is 39.0 Å². The average molecular weight is 242 g/mol. The third-order valence-corrected chi connectivity index (χ3v) is 3.42. The lowest BCUT2D eigenvalue weighted by Gasteiger charge is -2.16. The third kappa shape index (κ3) is 5.56. The van der Waals surface area contributed by atoms with E-state index in [0.717, 1.165) is 6.54 Å². The fourth-order valence-electron chi connectivity index (χ4n) is 2.25. The van der Waals surface area contributed by atoms with Crippen LogP contribution in [-0.2, 0) is 4.79 Å². The van der Waals surface area contributed by atoms with E-state index in [1.165, 1.54) is 19.3 Å². The van der Waals surface area contributed by atoms with Crippen molar-refractivity contribution >= 4 is 12.0 Å². The Labute approximate surface area is 102 Å². The first-order valence-electron chi connectivity index (χ1n) is 6.33. The second-order valence-corrected chi connectivity index (χ2v) is 4.80. The summed E-state index contributed by atoms with van der Waals surface area (Å²) in [7, 11) is 0. The fourth-order valence-corrected chi connectivity index (χ4v) is 2.25. The number of carboxylic acids is 1. The van der Waals surface area contributed by atoms with Gasteiger partial charge in [-0.3, -0.25) is 4.79 Å². The lowest BCUT2D eigenvalue weighted by atomic mass is 9.98. The highest BCUT2D eigenvalue weighted by Gasteiger charge is 2.23. The molecule has 1 saturated carbocycles. The van der Waals surface area contributed by atoms with Gasteiger partial charge < -0.3 is 15.7 Å². The number of rotatable bonds is 6. The molecule has 1 rings (SSSR count). The molecule has 0 aromatic heterocycles. The molecule has 98 valence electrons. The predicted molar refractivity (Wildman–Crippen MR) is 64.8 cm³/mol. The van der Waals surface area contributed by atoms with Crippen LogP contribution in [0.3, 0.4) is 0 Å². The van der Waals surface area contributed by atoms with Crippen LogP contribution in [0.4, 0.5) is 4.79 Å². The molecule has 1 fully saturated rings. The zero-order chi connectivity index (χ0) is 12.7. The number of carbonyl (C=O) groups excluding carboxylic acids is 1. The van der Waals surface area contributed by atoms with Crippen molar-refractivity contribution in [3.8, 4) is 0 Å². The standard InChI is InChI=1S/C12H22N2O3/c1-9-4-2-5-10(9)8-14-12(17)13-7-3-6-11(15)16/h9-10H,2-8H2,1H3,(H,15,16)(H2,13,14,17). The van der Waals surface area contributed by atoms with Crippen LogP contribution in [0.25, 0.3) is 0 Å². The number of carbonyl (C=O) groups is 2. The van der Waals surface area contributed by atoms with Crippen molar-refractivity contribution in [2.75, 3.05) is 13.1 Å². The van der Waals surface area contributed by atoms with Crippen molar-refractivity contribution < 1.29 is 14.7 Å². The average Bonchev–Trinajstić information content (AvgIpc) is 2.67. The molecule has 1 aliphatic rings. The number of hydrogen-bond donors (Lipinski definition) is 3. The molecule has 2 atom stereocenters. The molecule has 3 N–H and O–H groups in total.